The average Bonchev–Trinajstić information content (AvgIpc) is 2.34. The van der Waals surface area contributed by atoms with E-state index in [1.807, 2.05) is 18.1 Å². The molecule has 2 N–H and O–H groups in total. The van der Waals surface area contributed by atoms with Crippen LogP contribution in [0.4, 0.5) is 0 Å². The van der Waals surface area contributed by atoms with E-state index in [4.69, 9.17) is 5.11 Å². The van der Waals surface area contributed by atoms with Crippen LogP contribution < -0.4 is 0 Å². The molecular formula is C7H14N2O2. The highest BCUT2D eigenvalue weighted by Crippen LogP contribution is 2.09. The minimum atomic E-state index is -0.795. The maximum Gasteiger partial charge on any atom is 0.153 e. The van der Waals surface area contributed by atoms with Gasteiger partial charge in [-0.15, -0.1) is 0 Å². The Morgan fingerprint density at radius 2 is 2.00 bits per heavy atom. The van der Waals surface area contributed by atoms with Crippen LogP contribution in [-0.4, -0.2) is 46.1 Å². The summed E-state index contributed by atoms with van der Waals surface area (Å²) >= 11 is 0. The summed E-state index contributed by atoms with van der Waals surface area (Å²) in [6, 6.07) is 0. The zero-order chi connectivity index (χ0) is 8.43. The summed E-state index contributed by atoms with van der Waals surface area (Å²) in [5.41, 5.74) is 0. The molecule has 1 rings (SSSR count). The zero-order valence-corrected chi connectivity index (χ0v) is 6.81. The van der Waals surface area contributed by atoms with Crippen molar-refractivity contribution >= 4 is 0 Å². The first-order valence-corrected chi connectivity index (χ1v) is 3.61. The number of hydrogen-bond acceptors (Lipinski definition) is 4. The van der Waals surface area contributed by atoms with Gasteiger partial charge in [0.05, 0.1) is 12.8 Å². The summed E-state index contributed by atoms with van der Waals surface area (Å²) in [5.74, 6) is 0. The molecule has 2 atom stereocenters. The lowest BCUT2D eigenvalue weighted by Crippen LogP contribution is -2.39. The van der Waals surface area contributed by atoms with Crippen LogP contribution in [0.2, 0.25) is 0 Å². The Labute approximate surface area is 66.3 Å². The number of rotatable bonds is 2. The van der Waals surface area contributed by atoms with Crippen molar-refractivity contribution in [2.45, 2.75) is 19.3 Å². The monoisotopic (exact) mass is 158 g/mol. The second-order valence-electron chi connectivity index (χ2n) is 2.87. The van der Waals surface area contributed by atoms with Gasteiger partial charge < -0.3 is 20.0 Å². The molecular weight excluding hydrogens is 144 g/mol. The molecule has 4 nitrogen and oxygen atoms in total. The molecule has 0 aromatic rings. The van der Waals surface area contributed by atoms with E-state index in [0.29, 0.717) is 6.67 Å². The summed E-state index contributed by atoms with van der Waals surface area (Å²) < 4.78 is 0. The number of hydrogen-bond donors (Lipinski definition) is 2. The van der Waals surface area contributed by atoms with Gasteiger partial charge in [-0.1, -0.05) is 0 Å². The number of aliphatic hydroxyl groups is 2. The molecule has 0 aromatic heterocycles. The maximum absolute atomic E-state index is 9.34. The van der Waals surface area contributed by atoms with E-state index in [2.05, 4.69) is 0 Å². The van der Waals surface area contributed by atoms with Gasteiger partial charge in [0.1, 0.15) is 0 Å². The predicted molar refractivity (Wildman–Crippen MR) is 41.3 cm³/mol. The summed E-state index contributed by atoms with van der Waals surface area (Å²) in [6.45, 7) is 2.20. The van der Waals surface area contributed by atoms with Gasteiger partial charge in [-0.2, -0.15) is 0 Å². The summed E-state index contributed by atoms with van der Waals surface area (Å²) in [4.78, 5) is 3.59. The van der Waals surface area contributed by atoms with Gasteiger partial charge in [0.15, 0.2) is 6.23 Å². The molecule has 1 aliphatic rings. The van der Waals surface area contributed by atoms with E-state index in [-0.39, 0.29) is 0 Å². The number of aliphatic hydroxyl groups excluding tert-OH is 2. The summed E-state index contributed by atoms with van der Waals surface area (Å²) in [6.07, 6.45) is 2.10. The summed E-state index contributed by atoms with van der Waals surface area (Å²) in [7, 11) is 1.91. The maximum atomic E-state index is 9.34. The van der Waals surface area contributed by atoms with Gasteiger partial charge in [-0.25, -0.2) is 0 Å². The van der Waals surface area contributed by atoms with Crippen LogP contribution in [0.1, 0.15) is 6.92 Å². The van der Waals surface area contributed by atoms with E-state index >= 15 is 0 Å². The van der Waals surface area contributed by atoms with Crippen molar-refractivity contribution in [1.82, 2.24) is 9.80 Å². The molecule has 0 amide bonds. The predicted octanol–water partition coefficient (Wildman–Crippen LogP) is -0.638. The Hall–Kier alpha value is -0.740. The standard InChI is InChI=1S/C7H14N2O2/c1-6(10)7(11)9-4-3-8(2)5-9/h3-4,6-7,10-11H,5H2,1-2H3. The molecule has 0 aromatic carbocycles. The van der Waals surface area contributed by atoms with Crippen molar-refractivity contribution in [2.24, 2.45) is 0 Å². The highest BCUT2D eigenvalue weighted by atomic mass is 16.3. The normalized spacial score (nSPS) is 22.5. The van der Waals surface area contributed by atoms with Crippen LogP contribution in [-0.2, 0) is 0 Å². The van der Waals surface area contributed by atoms with Crippen molar-refractivity contribution in [3.63, 3.8) is 0 Å². The fraction of sp³-hybridized carbons (Fsp3) is 0.714. The molecule has 0 saturated heterocycles. The second-order valence-corrected chi connectivity index (χ2v) is 2.87. The Kier molecular flexibility index (Phi) is 2.36. The van der Waals surface area contributed by atoms with Crippen LogP contribution in [0.3, 0.4) is 0 Å². The van der Waals surface area contributed by atoms with Crippen molar-refractivity contribution < 1.29 is 10.2 Å². The van der Waals surface area contributed by atoms with Gasteiger partial charge in [-0.05, 0) is 6.92 Å². The summed E-state index contributed by atoms with van der Waals surface area (Å²) in [5, 5.41) is 18.4. The van der Waals surface area contributed by atoms with Crippen LogP contribution in [0.15, 0.2) is 12.4 Å². The molecule has 0 fully saturated rings. The van der Waals surface area contributed by atoms with Crippen LogP contribution in [0, 0.1) is 0 Å². The van der Waals surface area contributed by atoms with Gasteiger partial charge in [0.2, 0.25) is 0 Å². The molecule has 11 heavy (non-hydrogen) atoms. The Morgan fingerprint density at radius 3 is 2.36 bits per heavy atom. The van der Waals surface area contributed by atoms with Crippen molar-refractivity contribution in [3.05, 3.63) is 12.4 Å². The topological polar surface area (TPSA) is 46.9 Å². The quantitative estimate of drug-likeness (QED) is 0.561. The molecule has 0 radical (unpaired) electrons. The minimum absolute atomic E-state index is 0.631. The molecule has 0 saturated carbocycles. The highest BCUT2D eigenvalue weighted by Gasteiger charge is 2.20. The molecule has 4 heteroatoms. The number of nitrogens with zero attached hydrogens (tertiary/aromatic N) is 2. The molecule has 0 spiro atoms. The van der Waals surface area contributed by atoms with Crippen molar-refractivity contribution in [2.75, 3.05) is 13.7 Å². The minimum Gasteiger partial charge on any atom is -0.389 e. The van der Waals surface area contributed by atoms with Crippen molar-refractivity contribution in [1.29, 1.82) is 0 Å². The van der Waals surface area contributed by atoms with E-state index < -0.39 is 12.3 Å². The fourth-order valence-corrected chi connectivity index (χ4v) is 1.00. The van der Waals surface area contributed by atoms with Crippen LogP contribution in [0.5, 0.6) is 0 Å². The third-order valence-electron chi connectivity index (χ3n) is 1.67. The average molecular weight is 158 g/mol. The first-order valence-electron chi connectivity index (χ1n) is 3.61. The molecule has 0 aliphatic carbocycles. The van der Waals surface area contributed by atoms with E-state index in [1.165, 1.54) is 0 Å². The lowest BCUT2D eigenvalue weighted by molar-refractivity contribution is -0.0582. The molecule has 64 valence electrons. The first-order chi connectivity index (χ1) is 5.11. The Bertz CT molecular complexity index is 159. The van der Waals surface area contributed by atoms with Crippen LogP contribution in [0.25, 0.3) is 0 Å². The van der Waals surface area contributed by atoms with Gasteiger partial charge in [-0.3, -0.25) is 0 Å². The lowest BCUT2D eigenvalue weighted by atomic mass is 10.3. The van der Waals surface area contributed by atoms with E-state index in [9.17, 15) is 5.11 Å². The van der Waals surface area contributed by atoms with Gasteiger partial charge in [0.25, 0.3) is 0 Å². The molecule has 1 heterocycles. The van der Waals surface area contributed by atoms with Gasteiger partial charge in [0, 0.05) is 19.4 Å². The third-order valence-corrected chi connectivity index (χ3v) is 1.67. The smallest absolute Gasteiger partial charge is 0.153 e. The van der Waals surface area contributed by atoms with Crippen LogP contribution >= 0.6 is 0 Å². The van der Waals surface area contributed by atoms with E-state index in [1.54, 1.807) is 18.0 Å². The largest absolute Gasteiger partial charge is 0.389 e. The van der Waals surface area contributed by atoms with Crippen molar-refractivity contribution in [3.8, 4) is 0 Å². The fourth-order valence-electron chi connectivity index (χ4n) is 1.00. The zero-order valence-electron chi connectivity index (χ0n) is 6.81. The lowest BCUT2D eigenvalue weighted by Gasteiger charge is -2.25. The first kappa shape index (κ1) is 8.36. The molecule has 0 bridgehead atoms. The van der Waals surface area contributed by atoms with Gasteiger partial charge >= 0.3 is 0 Å². The van der Waals surface area contributed by atoms with E-state index in [0.717, 1.165) is 0 Å². The molecule has 2 unspecified atom stereocenters. The Balaban J connectivity index is 2.44. The third kappa shape index (κ3) is 1.85. The molecule has 1 aliphatic heterocycles. The SMILES string of the molecule is CC(O)C(O)N1C=CN(C)C1. The Morgan fingerprint density at radius 1 is 1.36 bits per heavy atom. The highest BCUT2D eigenvalue weighted by molar-refractivity contribution is 4.90. The second kappa shape index (κ2) is 3.11.